The smallest absolute Gasteiger partial charge is 0.244 e. The van der Waals surface area contributed by atoms with Gasteiger partial charge in [-0.2, -0.15) is 4.39 Å². The molecular weight excluding hydrogens is 247 g/mol. The predicted molar refractivity (Wildman–Crippen MR) is 45.9 cm³/mol. The van der Waals surface area contributed by atoms with Crippen LogP contribution in [0.1, 0.15) is 0 Å². The molecule has 0 aliphatic carbocycles. The monoisotopic (exact) mass is 250 g/mol. The Hall–Kier alpha value is -1.99. The molecule has 90 valence electrons. The lowest BCUT2D eigenvalue weighted by molar-refractivity contribution is 0.382. The zero-order valence-corrected chi connectivity index (χ0v) is 8.19. The molecule has 1 heterocycles. The number of fused-ring (bicyclic) bond motifs is 1. The van der Waals surface area contributed by atoms with Crippen molar-refractivity contribution in [3.05, 3.63) is 29.2 Å². The van der Waals surface area contributed by atoms with Gasteiger partial charge >= 0.3 is 0 Å². The first kappa shape index (κ1) is 11.5. The van der Waals surface area contributed by atoms with E-state index in [1.807, 2.05) is 0 Å². The summed E-state index contributed by atoms with van der Waals surface area (Å²) in [4.78, 5) is 0. The zero-order valence-electron chi connectivity index (χ0n) is 8.19. The second-order valence-corrected chi connectivity index (χ2v) is 3.01. The van der Waals surface area contributed by atoms with Gasteiger partial charge in [0.1, 0.15) is 0 Å². The first-order valence-electron chi connectivity index (χ1n) is 4.20. The van der Waals surface area contributed by atoms with Crippen molar-refractivity contribution in [3.63, 3.8) is 0 Å². The third kappa shape index (κ3) is 1.48. The van der Waals surface area contributed by atoms with Crippen LogP contribution >= 0.6 is 0 Å². The number of nitrogens with zero attached hydrogens (tertiary/aromatic N) is 2. The Morgan fingerprint density at radius 3 is 1.82 bits per heavy atom. The van der Waals surface area contributed by atoms with Crippen LogP contribution in [0.5, 0.6) is 5.88 Å². The number of ether oxygens (including phenoxy) is 1. The third-order valence-electron chi connectivity index (χ3n) is 2.11. The Labute approximate surface area is 90.8 Å². The molecule has 0 unspecified atom stereocenters. The summed E-state index contributed by atoms with van der Waals surface area (Å²) >= 11 is 0. The van der Waals surface area contributed by atoms with Crippen LogP contribution in [0.4, 0.5) is 22.0 Å². The number of halogens is 5. The Balaban J connectivity index is 3.09. The minimum atomic E-state index is -2.12. The molecule has 0 N–H and O–H groups in total. The van der Waals surface area contributed by atoms with Gasteiger partial charge in [0.05, 0.1) is 17.9 Å². The maximum atomic E-state index is 13.4. The van der Waals surface area contributed by atoms with Crippen molar-refractivity contribution in [3.8, 4) is 5.88 Å². The van der Waals surface area contributed by atoms with Gasteiger partial charge in [-0.1, -0.05) is 0 Å². The van der Waals surface area contributed by atoms with Crippen molar-refractivity contribution in [1.82, 2.24) is 10.2 Å². The van der Waals surface area contributed by atoms with Gasteiger partial charge in [-0.15, -0.1) is 10.2 Å². The highest BCUT2D eigenvalue weighted by molar-refractivity contribution is 5.87. The van der Waals surface area contributed by atoms with Crippen molar-refractivity contribution in [2.45, 2.75) is 0 Å². The summed E-state index contributed by atoms with van der Waals surface area (Å²) in [5, 5.41) is 3.79. The lowest BCUT2D eigenvalue weighted by atomic mass is 10.1. The van der Waals surface area contributed by atoms with Crippen molar-refractivity contribution in [2.75, 3.05) is 7.11 Å². The van der Waals surface area contributed by atoms with Crippen LogP contribution in [-0.4, -0.2) is 17.3 Å². The van der Waals surface area contributed by atoms with E-state index in [0.717, 1.165) is 7.11 Å². The summed E-state index contributed by atoms with van der Waals surface area (Å²) in [6.07, 6.45) is 0. The molecule has 0 bridgehead atoms. The first-order valence-corrected chi connectivity index (χ1v) is 4.20. The maximum Gasteiger partial charge on any atom is 0.244 e. The topological polar surface area (TPSA) is 35.0 Å². The summed E-state index contributed by atoms with van der Waals surface area (Å²) in [7, 11) is 1.01. The van der Waals surface area contributed by atoms with Crippen molar-refractivity contribution < 1.29 is 26.7 Å². The molecule has 0 saturated heterocycles. The standard InChI is InChI=1S/C9H3F5N2O/c1-17-9-3-2(8(14)15-16-9)4(10)6(12)7(13)5(3)11/h1H3. The lowest BCUT2D eigenvalue weighted by Gasteiger charge is -2.07. The highest BCUT2D eigenvalue weighted by Crippen LogP contribution is 2.32. The van der Waals surface area contributed by atoms with Gasteiger partial charge in [0.2, 0.25) is 11.8 Å². The predicted octanol–water partition coefficient (Wildman–Crippen LogP) is 2.33. The molecule has 0 spiro atoms. The summed E-state index contributed by atoms with van der Waals surface area (Å²) < 4.78 is 70.1. The normalized spacial score (nSPS) is 10.9. The third-order valence-corrected chi connectivity index (χ3v) is 2.11. The van der Waals surface area contributed by atoms with Gasteiger partial charge in [0, 0.05) is 0 Å². The molecule has 0 radical (unpaired) electrons. The number of methoxy groups -OCH3 is 1. The van der Waals surface area contributed by atoms with Crippen LogP contribution in [0.25, 0.3) is 10.8 Å². The molecular formula is C9H3F5N2O. The van der Waals surface area contributed by atoms with Gasteiger partial charge in [-0.25, -0.2) is 17.6 Å². The number of aromatic nitrogens is 2. The van der Waals surface area contributed by atoms with E-state index in [0.29, 0.717) is 0 Å². The van der Waals surface area contributed by atoms with E-state index in [1.165, 1.54) is 0 Å². The van der Waals surface area contributed by atoms with E-state index in [2.05, 4.69) is 14.9 Å². The molecule has 2 rings (SSSR count). The molecule has 3 nitrogen and oxygen atoms in total. The molecule has 8 heteroatoms. The SMILES string of the molecule is COc1nnc(F)c2c(F)c(F)c(F)c(F)c12. The summed E-state index contributed by atoms with van der Waals surface area (Å²) in [6.45, 7) is 0. The minimum absolute atomic E-state index is 0.642. The molecule has 1 aromatic heterocycles. The number of hydrogen-bond donors (Lipinski definition) is 0. The number of rotatable bonds is 1. The molecule has 1 aromatic carbocycles. The molecule has 0 aliphatic heterocycles. The molecule has 17 heavy (non-hydrogen) atoms. The summed E-state index contributed by atoms with van der Waals surface area (Å²) in [6, 6.07) is 0. The summed E-state index contributed by atoms with van der Waals surface area (Å²) in [5.74, 6) is -10.1. The van der Waals surface area contributed by atoms with Crippen LogP contribution < -0.4 is 4.74 Å². The van der Waals surface area contributed by atoms with E-state index >= 15 is 0 Å². The molecule has 0 fully saturated rings. The largest absolute Gasteiger partial charge is 0.479 e. The fourth-order valence-electron chi connectivity index (χ4n) is 1.36. The Morgan fingerprint density at radius 1 is 0.765 bits per heavy atom. The molecule has 0 saturated carbocycles. The Kier molecular flexibility index (Phi) is 2.56. The van der Waals surface area contributed by atoms with Crippen LogP contribution in [-0.2, 0) is 0 Å². The van der Waals surface area contributed by atoms with Gasteiger partial charge in [0.15, 0.2) is 23.3 Å². The van der Waals surface area contributed by atoms with E-state index in [9.17, 15) is 22.0 Å². The second kappa shape index (κ2) is 3.79. The highest BCUT2D eigenvalue weighted by Gasteiger charge is 2.26. The molecule has 0 amide bonds. The van der Waals surface area contributed by atoms with Crippen LogP contribution in [0.15, 0.2) is 0 Å². The lowest BCUT2D eigenvalue weighted by Crippen LogP contribution is -2.05. The average molecular weight is 250 g/mol. The first-order chi connectivity index (χ1) is 7.99. The van der Waals surface area contributed by atoms with E-state index < -0.39 is 45.9 Å². The van der Waals surface area contributed by atoms with Gasteiger partial charge in [-0.05, 0) is 0 Å². The fourth-order valence-corrected chi connectivity index (χ4v) is 1.36. The van der Waals surface area contributed by atoms with Crippen molar-refractivity contribution in [1.29, 1.82) is 0 Å². The molecule has 0 aliphatic rings. The zero-order chi connectivity index (χ0) is 12.7. The molecule has 2 aromatic rings. The quantitative estimate of drug-likeness (QED) is 0.442. The molecule has 0 atom stereocenters. The van der Waals surface area contributed by atoms with Crippen molar-refractivity contribution >= 4 is 10.8 Å². The minimum Gasteiger partial charge on any atom is -0.479 e. The van der Waals surface area contributed by atoms with Crippen LogP contribution in [0.3, 0.4) is 0 Å². The maximum absolute atomic E-state index is 13.4. The van der Waals surface area contributed by atoms with E-state index in [4.69, 9.17) is 0 Å². The van der Waals surface area contributed by atoms with Crippen LogP contribution in [0.2, 0.25) is 0 Å². The van der Waals surface area contributed by atoms with Crippen molar-refractivity contribution in [2.24, 2.45) is 0 Å². The average Bonchev–Trinajstić information content (AvgIpc) is 2.33. The van der Waals surface area contributed by atoms with Gasteiger partial charge in [0.25, 0.3) is 0 Å². The van der Waals surface area contributed by atoms with Crippen LogP contribution in [0, 0.1) is 29.2 Å². The second-order valence-electron chi connectivity index (χ2n) is 3.01. The van der Waals surface area contributed by atoms with E-state index in [-0.39, 0.29) is 0 Å². The highest BCUT2D eigenvalue weighted by atomic mass is 19.2. The number of benzene rings is 1. The van der Waals surface area contributed by atoms with E-state index in [1.54, 1.807) is 0 Å². The number of hydrogen-bond acceptors (Lipinski definition) is 3. The fraction of sp³-hybridized carbons (Fsp3) is 0.111. The summed E-state index contributed by atoms with van der Waals surface area (Å²) in [5.41, 5.74) is 0. The van der Waals surface area contributed by atoms with Gasteiger partial charge < -0.3 is 4.74 Å². The van der Waals surface area contributed by atoms with Gasteiger partial charge in [-0.3, -0.25) is 0 Å². The Bertz CT molecular complexity index is 616. The Morgan fingerprint density at radius 2 is 1.29 bits per heavy atom.